The molecule has 112 valence electrons. The first-order valence-electron chi connectivity index (χ1n) is 7.24. The Kier molecular flexibility index (Phi) is 5.42. The zero-order valence-corrected chi connectivity index (χ0v) is 12.6. The third kappa shape index (κ3) is 3.51. The highest BCUT2D eigenvalue weighted by atomic mass is 35.5. The summed E-state index contributed by atoms with van der Waals surface area (Å²) in [4.78, 5) is 0. The summed E-state index contributed by atoms with van der Waals surface area (Å²) in [6, 6.07) is 4.69. The van der Waals surface area contributed by atoms with E-state index < -0.39 is 17.5 Å². The molecule has 1 aromatic rings. The van der Waals surface area contributed by atoms with E-state index in [1.807, 2.05) is 0 Å². The van der Waals surface area contributed by atoms with Crippen molar-refractivity contribution < 1.29 is 14.2 Å². The van der Waals surface area contributed by atoms with E-state index in [1.165, 1.54) is 25.0 Å². The zero-order valence-electron chi connectivity index (χ0n) is 11.9. The molecule has 2 nitrogen and oxygen atoms in total. The maximum atomic E-state index is 13.5. The third-order valence-corrected chi connectivity index (χ3v) is 4.68. The van der Waals surface area contributed by atoms with Crippen LogP contribution in [0.3, 0.4) is 0 Å². The number of aliphatic hydroxyl groups excluding tert-OH is 1. The quantitative estimate of drug-likeness (QED) is 0.848. The first-order valence-corrected chi connectivity index (χ1v) is 7.62. The van der Waals surface area contributed by atoms with Crippen LogP contribution in [0.1, 0.15) is 44.1 Å². The molecular formula is C16H22ClFO2. The van der Waals surface area contributed by atoms with Crippen LogP contribution in [-0.4, -0.2) is 23.9 Å². The van der Waals surface area contributed by atoms with E-state index in [0.29, 0.717) is 6.42 Å². The molecule has 1 saturated carbocycles. The van der Waals surface area contributed by atoms with Crippen LogP contribution in [-0.2, 0) is 11.2 Å². The van der Waals surface area contributed by atoms with Crippen molar-refractivity contribution in [1.82, 2.24) is 0 Å². The van der Waals surface area contributed by atoms with Crippen LogP contribution in [0.2, 0.25) is 5.02 Å². The standard InChI is InChI=1S/C16H22ClFO2/c1-20-16(8-4-2-3-5-9-16)15(19)11-12-6-7-13(17)14(18)10-12/h6-7,10,15,19H,2-5,8-9,11H2,1H3. The molecule has 1 atom stereocenters. The summed E-state index contributed by atoms with van der Waals surface area (Å²) in [5.74, 6) is -0.441. The SMILES string of the molecule is COC1(C(O)Cc2ccc(Cl)c(F)c2)CCCCCC1. The topological polar surface area (TPSA) is 29.5 Å². The Morgan fingerprint density at radius 2 is 1.95 bits per heavy atom. The number of halogens is 2. The van der Waals surface area contributed by atoms with Gasteiger partial charge in [-0.1, -0.05) is 43.4 Å². The minimum absolute atomic E-state index is 0.110. The van der Waals surface area contributed by atoms with Gasteiger partial charge >= 0.3 is 0 Å². The lowest BCUT2D eigenvalue weighted by Crippen LogP contribution is -2.45. The number of methoxy groups -OCH3 is 1. The maximum Gasteiger partial charge on any atom is 0.142 e. The molecule has 2 rings (SSSR count). The van der Waals surface area contributed by atoms with Crippen LogP contribution in [0.4, 0.5) is 4.39 Å². The number of rotatable bonds is 4. The van der Waals surface area contributed by atoms with Gasteiger partial charge in [0.1, 0.15) is 5.82 Å². The van der Waals surface area contributed by atoms with Gasteiger partial charge in [-0.15, -0.1) is 0 Å². The van der Waals surface area contributed by atoms with E-state index in [-0.39, 0.29) is 5.02 Å². The molecule has 1 aliphatic rings. The van der Waals surface area contributed by atoms with Crippen molar-refractivity contribution in [2.75, 3.05) is 7.11 Å². The van der Waals surface area contributed by atoms with Crippen LogP contribution < -0.4 is 0 Å². The van der Waals surface area contributed by atoms with Gasteiger partial charge in [-0.3, -0.25) is 0 Å². The molecule has 0 saturated heterocycles. The monoisotopic (exact) mass is 300 g/mol. The van der Waals surface area contributed by atoms with E-state index >= 15 is 0 Å². The maximum absolute atomic E-state index is 13.5. The van der Waals surface area contributed by atoms with Gasteiger partial charge in [-0.2, -0.15) is 0 Å². The molecule has 1 unspecified atom stereocenters. The van der Waals surface area contributed by atoms with Crippen molar-refractivity contribution >= 4 is 11.6 Å². The number of ether oxygens (including phenoxy) is 1. The van der Waals surface area contributed by atoms with Crippen LogP contribution >= 0.6 is 11.6 Å². The van der Waals surface area contributed by atoms with Crippen LogP contribution in [0.25, 0.3) is 0 Å². The Morgan fingerprint density at radius 1 is 1.30 bits per heavy atom. The summed E-state index contributed by atoms with van der Waals surface area (Å²) < 4.78 is 19.1. The van der Waals surface area contributed by atoms with Crippen molar-refractivity contribution in [3.63, 3.8) is 0 Å². The second-order valence-electron chi connectivity index (χ2n) is 5.65. The van der Waals surface area contributed by atoms with Crippen molar-refractivity contribution in [2.45, 2.75) is 56.7 Å². The molecule has 4 heteroatoms. The van der Waals surface area contributed by atoms with Gasteiger partial charge in [0.25, 0.3) is 0 Å². The van der Waals surface area contributed by atoms with Crippen molar-refractivity contribution in [3.05, 3.63) is 34.6 Å². The van der Waals surface area contributed by atoms with Crippen molar-refractivity contribution in [1.29, 1.82) is 0 Å². The van der Waals surface area contributed by atoms with E-state index in [0.717, 1.165) is 31.2 Å². The lowest BCUT2D eigenvalue weighted by molar-refractivity contribution is -0.111. The highest BCUT2D eigenvalue weighted by Gasteiger charge is 2.38. The van der Waals surface area contributed by atoms with E-state index in [2.05, 4.69) is 0 Å². The van der Waals surface area contributed by atoms with Gasteiger partial charge < -0.3 is 9.84 Å². The van der Waals surface area contributed by atoms with Crippen LogP contribution in [0.15, 0.2) is 18.2 Å². The summed E-state index contributed by atoms with van der Waals surface area (Å²) >= 11 is 5.68. The second-order valence-corrected chi connectivity index (χ2v) is 6.06. The van der Waals surface area contributed by atoms with Gasteiger partial charge in [0, 0.05) is 13.5 Å². The van der Waals surface area contributed by atoms with E-state index in [1.54, 1.807) is 13.2 Å². The fourth-order valence-corrected chi connectivity index (χ4v) is 3.19. The van der Waals surface area contributed by atoms with Crippen LogP contribution in [0, 0.1) is 5.82 Å². The third-order valence-electron chi connectivity index (χ3n) is 4.38. The van der Waals surface area contributed by atoms with Gasteiger partial charge in [-0.25, -0.2) is 4.39 Å². The molecule has 0 heterocycles. The molecule has 1 aliphatic carbocycles. The molecule has 0 aromatic heterocycles. The summed E-state index contributed by atoms with van der Waals surface area (Å²) in [6.07, 6.45) is 6.01. The Morgan fingerprint density at radius 3 is 2.50 bits per heavy atom. The predicted molar refractivity (Wildman–Crippen MR) is 78.6 cm³/mol. The Balaban J connectivity index is 2.11. The van der Waals surface area contributed by atoms with E-state index in [9.17, 15) is 9.50 Å². The summed E-state index contributed by atoms with van der Waals surface area (Å²) in [5.41, 5.74) is 0.257. The van der Waals surface area contributed by atoms with Gasteiger partial charge in [0.2, 0.25) is 0 Å². The minimum Gasteiger partial charge on any atom is -0.390 e. The normalized spacial score (nSPS) is 20.4. The molecule has 0 spiro atoms. The average molecular weight is 301 g/mol. The Labute approximate surface area is 124 Å². The highest BCUT2D eigenvalue weighted by Crippen LogP contribution is 2.34. The predicted octanol–water partition coefficient (Wildman–Crippen LogP) is 4.12. The number of aliphatic hydroxyl groups is 1. The molecule has 0 amide bonds. The summed E-state index contributed by atoms with van der Waals surface area (Å²) in [6.45, 7) is 0. The van der Waals surface area contributed by atoms with E-state index in [4.69, 9.17) is 16.3 Å². The van der Waals surface area contributed by atoms with Gasteiger partial charge in [0.05, 0.1) is 16.7 Å². The summed E-state index contributed by atoms with van der Waals surface area (Å²) in [7, 11) is 1.66. The second kappa shape index (κ2) is 6.88. The number of hydrogen-bond donors (Lipinski definition) is 1. The molecular weight excluding hydrogens is 279 g/mol. The fourth-order valence-electron chi connectivity index (χ4n) is 3.08. The van der Waals surface area contributed by atoms with Crippen LogP contribution in [0.5, 0.6) is 0 Å². The highest BCUT2D eigenvalue weighted by molar-refractivity contribution is 6.30. The first-order chi connectivity index (χ1) is 9.57. The molecule has 0 radical (unpaired) electrons. The van der Waals surface area contributed by atoms with Gasteiger partial charge in [-0.05, 0) is 30.5 Å². The van der Waals surface area contributed by atoms with Gasteiger partial charge in [0.15, 0.2) is 0 Å². The lowest BCUT2D eigenvalue weighted by atomic mass is 9.85. The molecule has 0 aliphatic heterocycles. The lowest BCUT2D eigenvalue weighted by Gasteiger charge is -2.36. The smallest absolute Gasteiger partial charge is 0.142 e. The Bertz CT molecular complexity index is 442. The molecule has 0 bridgehead atoms. The Hall–Kier alpha value is -0.640. The average Bonchev–Trinajstić information content (AvgIpc) is 2.69. The van der Waals surface area contributed by atoms with Crippen molar-refractivity contribution in [3.8, 4) is 0 Å². The molecule has 1 fully saturated rings. The molecule has 1 N–H and O–H groups in total. The number of hydrogen-bond acceptors (Lipinski definition) is 2. The number of benzene rings is 1. The molecule has 20 heavy (non-hydrogen) atoms. The van der Waals surface area contributed by atoms with Crippen molar-refractivity contribution in [2.24, 2.45) is 0 Å². The summed E-state index contributed by atoms with van der Waals surface area (Å²) in [5, 5.41) is 10.7. The molecule has 1 aromatic carbocycles. The largest absolute Gasteiger partial charge is 0.390 e. The fraction of sp³-hybridized carbons (Fsp3) is 0.625. The minimum atomic E-state index is -0.619. The zero-order chi connectivity index (χ0) is 14.6. The first kappa shape index (κ1) is 15.7.